The number of anilines is 1. The van der Waals surface area contributed by atoms with Crippen LogP contribution in [0.15, 0.2) is 24.4 Å². The molecule has 1 aliphatic rings. The van der Waals surface area contributed by atoms with Gasteiger partial charge in [-0.15, -0.1) is 11.6 Å². The van der Waals surface area contributed by atoms with Gasteiger partial charge in [-0.3, -0.25) is 9.48 Å². The molecule has 1 fully saturated rings. The second-order valence-corrected chi connectivity index (χ2v) is 6.34. The largest absolute Gasteiger partial charge is 0.434 e. The first-order chi connectivity index (χ1) is 13.8. The summed E-state index contributed by atoms with van der Waals surface area (Å²) in [5.74, 6) is -4.00. The lowest BCUT2D eigenvalue weighted by Gasteiger charge is -2.12. The molecule has 1 amide bonds. The number of carbonyl (C=O) groups excluding carboxylic acids is 1. The van der Waals surface area contributed by atoms with Gasteiger partial charge in [-0.25, -0.2) is 0 Å². The Morgan fingerprint density at radius 3 is 2.71 bits per heavy atom. The number of alkyl halides is 6. The highest BCUT2D eigenvalue weighted by atomic mass is 35.5. The molecule has 0 bridgehead atoms. The standard InChI is InChI=1S/C17H15ClF5N3O2/c18-6-10-3-4-11(5-13(10)28-16(19)20)24-15(27)12-7-26(8-17(21,22)23)25-14(12)9-1-2-9/h3-5,7,9,16H,1-2,6,8H2,(H,24,27)/i6D2. The summed E-state index contributed by atoms with van der Waals surface area (Å²) in [6.07, 6.45) is -2.15. The number of ether oxygens (including phenoxy) is 1. The van der Waals surface area contributed by atoms with Gasteiger partial charge in [-0.2, -0.15) is 27.1 Å². The number of nitrogens with one attached hydrogen (secondary N) is 1. The van der Waals surface area contributed by atoms with Crippen LogP contribution in [-0.4, -0.2) is 28.5 Å². The Balaban J connectivity index is 1.87. The first kappa shape index (κ1) is 17.7. The van der Waals surface area contributed by atoms with Gasteiger partial charge in [-0.05, 0) is 18.9 Å². The van der Waals surface area contributed by atoms with E-state index in [9.17, 15) is 26.7 Å². The molecule has 5 nitrogen and oxygen atoms in total. The second kappa shape index (κ2) is 7.94. The zero-order valence-electron chi connectivity index (χ0n) is 16.1. The van der Waals surface area contributed by atoms with Crippen LogP contribution in [0.4, 0.5) is 27.6 Å². The molecule has 1 aliphatic carbocycles. The van der Waals surface area contributed by atoms with E-state index < -0.39 is 36.8 Å². The number of carbonyl (C=O) groups is 1. The third kappa shape index (κ3) is 5.12. The molecular formula is C17H15ClF5N3O2. The Morgan fingerprint density at radius 1 is 1.43 bits per heavy atom. The van der Waals surface area contributed by atoms with E-state index in [0.29, 0.717) is 17.5 Å². The summed E-state index contributed by atoms with van der Waals surface area (Å²) in [5.41, 5.74) is -0.242. The molecule has 0 saturated heterocycles. The fourth-order valence-corrected chi connectivity index (χ4v) is 2.76. The minimum Gasteiger partial charge on any atom is -0.434 e. The maximum Gasteiger partial charge on any atom is 0.408 e. The Kier molecular flexibility index (Phi) is 5.03. The van der Waals surface area contributed by atoms with E-state index in [1.807, 2.05) is 0 Å². The summed E-state index contributed by atoms with van der Waals surface area (Å²) in [7, 11) is 0. The Morgan fingerprint density at radius 2 is 2.14 bits per heavy atom. The highest BCUT2D eigenvalue weighted by molar-refractivity contribution is 6.17. The minimum atomic E-state index is -4.52. The Labute approximate surface area is 164 Å². The molecule has 0 aliphatic heterocycles. The number of rotatable bonds is 7. The average Bonchev–Trinajstić information content (AvgIpc) is 3.33. The van der Waals surface area contributed by atoms with Crippen molar-refractivity contribution in [2.24, 2.45) is 0 Å². The molecule has 1 N–H and O–H groups in total. The predicted molar refractivity (Wildman–Crippen MR) is 90.8 cm³/mol. The Hall–Kier alpha value is -2.36. The molecule has 0 radical (unpaired) electrons. The molecular weight excluding hydrogens is 409 g/mol. The van der Waals surface area contributed by atoms with E-state index in [1.54, 1.807) is 0 Å². The van der Waals surface area contributed by atoms with Gasteiger partial charge in [0, 0.05) is 32.2 Å². The molecule has 11 heteroatoms. The van der Waals surface area contributed by atoms with E-state index in [0.717, 1.165) is 18.3 Å². The zero-order chi connectivity index (χ0) is 22.3. The SMILES string of the molecule is [2H]C([2H])(Cl)c1ccc(NC(=O)c2cn(CC(F)(F)F)nc2C2CC2)cc1OC(F)F. The van der Waals surface area contributed by atoms with Gasteiger partial charge in [0.1, 0.15) is 12.3 Å². The monoisotopic (exact) mass is 425 g/mol. The molecule has 0 spiro atoms. The van der Waals surface area contributed by atoms with Gasteiger partial charge in [0.2, 0.25) is 0 Å². The summed E-state index contributed by atoms with van der Waals surface area (Å²) in [6, 6.07) is 3.23. The van der Waals surface area contributed by atoms with Crippen LogP contribution >= 0.6 is 11.6 Å². The number of halogens is 6. The maximum atomic E-state index is 12.7. The summed E-state index contributed by atoms with van der Waals surface area (Å²) in [5, 5.41) is 6.25. The topological polar surface area (TPSA) is 56.2 Å². The smallest absolute Gasteiger partial charge is 0.408 e. The number of hydrogen-bond donors (Lipinski definition) is 1. The molecule has 0 unspecified atom stereocenters. The lowest BCUT2D eigenvalue weighted by molar-refractivity contribution is -0.142. The zero-order valence-corrected chi connectivity index (χ0v) is 14.8. The van der Waals surface area contributed by atoms with Crippen LogP contribution in [0.1, 0.15) is 43.1 Å². The third-order valence-corrected chi connectivity index (χ3v) is 4.10. The summed E-state index contributed by atoms with van der Waals surface area (Å²) in [4.78, 5) is 12.6. The van der Waals surface area contributed by atoms with E-state index in [-0.39, 0.29) is 28.4 Å². The summed E-state index contributed by atoms with van der Waals surface area (Å²) >= 11 is 5.54. The number of benzene rings is 1. The lowest BCUT2D eigenvalue weighted by atomic mass is 10.1. The molecule has 3 rings (SSSR count). The lowest BCUT2D eigenvalue weighted by Crippen LogP contribution is -2.18. The number of hydrogen-bond acceptors (Lipinski definition) is 3. The van der Waals surface area contributed by atoms with E-state index in [2.05, 4.69) is 15.2 Å². The van der Waals surface area contributed by atoms with Gasteiger partial charge in [0.15, 0.2) is 0 Å². The average molecular weight is 426 g/mol. The van der Waals surface area contributed by atoms with E-state index >= 15 is 0 Å². The molecule has 1 aromatic heterocycles. The number of nitrogens with zero attached hydrogens (tertiary/aromatic N) is 2. The van der Waals surface area contributed by atoms with Gasteiger partial charge in [0.05, 0.1) is 17.1 Å². The first-order valence-corrected chi connectivity index (χ1v) is 8.45. The predicted octanol–water partition coefficient (Wildman–Crippen LogP) is 4.92. The van der Waals surface area contributed by atoms with Crippen molar-refractivity contribution in [2.75, 3.05) is 5.32 Å². The normalized spacial score (nSPS) is 16.0. The highest BCUT2D eigenvalue weighted by Crippen LogP contribution is 2.41. The molecule has 1 heterocycles. The van der Waals surface area contributed by atoms with Crippen molar-refractivity contribution in [3.05, 3.63) is 41.2 Å². The van der Waals surface area contributed by atoms with Crippen molar-refractivity contribution >= 4 is 23.2 Å². The Bertz CT molecular complexity index is 942. The van der Waals surface area contributed by atoms with Crippen molar-refractivity contribution in [1.29, 1.82) is 0 Å². The van der Waals surface area contributed by atoms with Crippen molar-refractivity contribution < 1.29 is 34.2 Å². The second-order valence-electron chi connectivity index (χ2n) is 6.15. The van der Waals surface area contributed by atoms with Crippen molar-refractivity contribution in [3.63, 3.8) is 0 Å². The summed E-state index contributed by atoms with van der Waals surface area (Å²) < 4.78 is 83.1. The van der Waals surface area contributed by atoms with E-state index in [4.69, 9.17) is 14.3 Å². The van der Waals surface area contributed by atoms with E-state index in [1.165, 1.54) is 6.07 Å². The first-order valence-electron chi connectivity index (χ1n) is 9.07. The van der Waals surface area contributed by atoms with Gasteiger partial charge in [0.25, 0.3) is 5.91 Å². The van der Waals surface area contributed by atoms with Crippen LogP contribution in [0.3, 0.4) is 0 Å². The summed E-state index contributed by atoms with van der Waals surface area (Å²) in [6.45, 7) is -4.62. The van der Waals surface area contributed by atoms with Crippen molar-refractivity contribution in [1.82, 2.24) is 9.78 Å². The van der Waals surface area contributed by atoms with Gasteiger partial charge in [-0.1, -0.05) is 6.07 Å². The van der Waals surface area contributed by atoms with Crippen LogP contribution in [0.25, 0.3) is 0 Å². The van der Waals surface area contributed by atoms with Crippen molar-refractivity contribution in [2.45, 2.75) is 43.9 Å². The fraction of sp³-hybridized carbons (Fsp3) is 0.412. The molecule has 0 atom stereocenters. The van der Waals surface area contributed by atoms with Gasteiger partial charge < -0.3 is 10.1 Å². The molecule has 1 aromatic carbocycles. The van der Waals surface area contributed by atoms with Crippen LogP contribution in [-0.2, 0) is 12.4 Å². The maximum absolute atomic E-state index is 12.7. The number of amides is 1. The molecule has 152 valence electrons. The minimum absolute atomic E-state index is 0.0364. The van der Waals surface area contributed by atoms with Gasteiger partial charge >= 0.3 is 12.8 Å². The molecule has 1 saturated carbocycles. The van der Waals surface area contributed by atoms with Crippen LogP contribution in [0.5, 0.6) is 5.75 Å². The molecule has 28 heavy (non-hydrogen) atoms. The third-order valence-electron chi connectivity index (χ3n) is 3.90. The van der Waals surface area contributed by atoms with Crippen molar-refractivity contribution in [3.8, 4) is 5.75 Å². The van der Waals surface area contributed by atoms with Crippen LogP contribution in [0.2, 0.25) is 0 Å². The number of aromatic nitrogens is 2. The highest BCUT2D eigenvalue weighted by Gasteiger charge is 2.34. The van der Waals surface area contributed by atoms with Crippen LogP contribution < -0.4 is 10.1 Å². The van der Waals surface area contributed by atoms with Crippen LogP contribution in [0, 0.1) is 0 Å². The quantitative estimate of drug-likeness (QED) is 0.506. The molecule has 2 aromatic rings. The fourth-order valence-electron chi connectivity index (χ4n) is 2.60.